The Balaban J connectivity index is 2.23. The van der Waals surface area contributed by atoms with Crippen molar-refractivity contribution in [1.82, 2.24) is 4.72 Å². The molecule has 0 saturated heterocycles. The van der Waals surface area contributed by atoms with Crippen LogP contribution in [-0.4, -0.2) is 26.9 Å². The van der Waals surface area contributed by atoms with Gasteiger partial charge in [-0.25, -0.2) is 13.1 Å². The summed E-state index contributed by atoms with van der Waals surface area (Å²) in [4.78, 5) is -0.539. The molecule has 5 nitrogen and oxygen atoms in total. The molecular weight excluding hydrogens is 309 g/mol. The van der Waals surface area contributed by atoms with E-state index in [0.29, 0.717) is 19.3 Å². The molecule has 1 aliphatic carbocycles. The van der Waals surface area contributed by atoms with Gasteiger partial charge in [-0.2, -0.15) is 0 Å². The molecule has 2 rings (SSSR count). The van der Waals surface area contributed by atoms with Crippen molar-refractivity contribution < 1.29 is 26.3 Å². The molecule has 21 heavy (non-hydrogen) atoms. The fourth-order valence-electron chi connectivity index (χ4n) is 2.29. The first kappa shape index (κ1) is 16.1. The summed E-state index contributed by atoms with van der Waals surface area (Å²) in [5.41, 5.74) is 5.69. The first-order valence-electron chi connectivity index (χ1n) is 6.30. The van der Waals surface area contributed by atoms with Crippen LogP contribution in [0, 0.1) is 0 Å². The van der Waals surface area contributed by atoms with Crippen molar-refractivity contribution in [2.24, 2.45) is 5.73 Å². The van der Waals surface area contributed by atoms with E-state index in [0.717, 1.165) is 12.1 Å². The fraction of sp³-hybridized carbons (Fsp3) is 0.500. The number of para-hydroxylation sites is 1. The highest BCUT2D eigenvalue weighted by molar-refractivity contribution is 7.89. The van der Waals surface area contributed by atoms with Crippen LogP contribution in [0.3, 0.4) is 0 Å². The number of nitrogens with one attached hydrogen (secondary N) is 1. The van der Waals surface area contributed by atoms with Crippen molar-refractivity contribution in [2.75, 3.05) is 0 Å². The molecule has 0 aliphatic heterocycles. The molecule has 0 unspecified atom stereocenters. The number of sulfonamides is 1. The van der Waals surface area contributed by atoms with E-state index in [1.165, 1.54) is 12.1 Å². The van der Waals surface area contributed by atoms with E-state index in [4.69, 9.17) is 5.73 Å². The van der Waals surface area contributed by atoms with Crippen molar-refractivity contribution >= 4 is 10.0 Å². The number of hydrogen-bond acceptors (Lipinski definition) is 4. The maximum absolute atomic E-state index is 12.3. The number of nitrogens with two attached hydrogens (primary N) is 1. The minimum Gasteiger partial charge on any atom is -0.404 e. The molecule has 1 fully saturated rings. The lowest BCUT2D eigenvalue weighted by molar-refractivity contribution is -0.275. The topological polar surface area (TPSA) is 81.4 Å². The molecule has 1 aromatic rings. The van der Waals surface area contributed by atoms with Crippen molar-refractivity contribution in [3.63, 3.8) is 0 Å². The highest BCUT2D eigenvalue weighted by Crippen LogP contribution is 2.30. The van der Waals surface area contributed by atoms with Crippen LogP contribution in [-0.2, 0) is 10.0 Å². The lowest BCUT2D eigenvalue weighted by Crippen LogP contribution is -2.34. The smallest absolute Gasteiger partial charge is 0.404 e. The number of rotatable bonds is 4. The van der Waals surface area contributed by atoms with Gasteiger partial charge < -0.3 is 10.5 Å². The summed E-state index contributed by atoms with van der Waals surface area (Å²) in [6.45, 7) is 0. The first-order valence-corrected chi connectivity index (χ1v) is 7.78. The first-order chi connectivity index (χ1) is 9.67. The second-order valence-corrected chi connectivity index (χ2v) is 6.57. The molecule has 0 spiro atoms. The van der Waals surface area contributed by atoms with Crippen molar-refractivity contribution in [2.45, 2.75) is 42.6 Å². The number of benzene rings is 1. The lowest BCUT2D eigenvalue weighted by Gasteiger charge is -2.16. The standard InChI is InChI=1S/C12H15F3N2O3S/c13-12(14,15)20-10-3-1-2-4-11(10)21(18,19)17-9-6-5-8(16)7-9/h1-4,8-9,17H,5-7,16H2/t8-,9-/m1/s1. The summed E-state index contributed by atoms with van der Waals surface area (Å²) < 4.78 is 67.5. The summed E-state index contributed by atoms with van der Waals surface area (Å²) in [6.07, 6.45) is -3.26. The molecule has 9 heteroatoms. The monoisotopic (exact) mass is 324 g/mol. The maximum atomic E-state index is 12.3. The SMILES string of the molecule is N[C@@H]1CC[C@@H](NS(=O)(=O)c2ccccc2OC(F)(F)F)C1. The Bertz CT molecular complexity index is 604. The second kappa shape index (κ2) is 5.82. The van der Waals surface area contributed by atoms with Crippen molar-refractivity contribution in [3.05, 3.63) is 24.3 Å². The molecule has 3 N–H and O–H groups in total. The van der Waals surface area contributed by atoms with Gasteiger partial charge >= 0.3 is 6.36 Å². The largest absolute Gasteiger partial charge is 0.573 e. The number of halogens is 3. The van der Waals surface area contributed by atoms with E-state index in [1.54, 1.807) is 0 Å². The van der Waals surface area contributed by atoms with Crippen LogP contribution >= 0.6 is 0 Å². The van der Waals surface area contributed by atoms with Gasteiger partial charge in [0.25, 0.3) is 0 Å². The van der Waals surface area contributed by atoms with Crippen LogP contribution in [0.25, 0.3) is 0 Å². The average Bonchev–Trinajstić information content (AvgIpc) is 2.72. The second-order valence-electron chi connectivity index (χ2n) is 4.89. The molecule has 0 radical (unpaired) electrons. The van der Waals surface area contributed by atoms with E-state index < -0.39 is 27.0 Å². The minimum atomic E-state index is -4.96. The number of hydrogen-bond donors (Lipinski definition) is 2. The van der Waals surface area contributed by atoms with Gasteiger partial charge in [-0.3, -0.25) is 0 Å². The Kier molecular flexibility index (Phi) is 4.45. The Hall–Kier alpha value is -1.32. The summed E-state index contributed by atoms with van der Waals surface area (Å²) in [5, 5.41) is 0. The van der Waals surface area contributed by atoms with Gasteiger partial charge in [-0.05, 0) is 31.4 Å². The Labute approximate surface area is 120 Å². The van der Waals surface area contributed by atoms with Crippen molar-refractivity contribution in [1.29, 1.82) is 0 Å². The highest BCUT2D eigenvalue weighted by Gasteiger charge is 2.35. The average molecular weight is 324 g/mol. The molecule has 0 bridgehead atoms. The molecular formula is C12H15F3N2O3S. The van der Waals surface area contributed by atoms with Crippen LogP contribution in [0.15, 0.2) is 29.2 Å². The van der Waals surface area contributed by atoms with E-state index >= 15 is 0 Å². The zero-order valence-electron chi connectivity index (χ0n) is 10.9. The fourth-order valence-corrected chi connectivity index (χ4v) is 3.70. The molecule has 1 saturated carbocycles. The third kappa shape index (κ3) is 4.32. The predicted molar refractivity (Wildman–Crippen MR) is 69.1 cm³/mol. The van der Waals surface area contributed by atoms with Gasteiger partial charge in [-0.1, -0.05) is 12.1 Å². The van der Waals surface area contributed by atoms with Gasteiger partial charge in [0.05, 0.1) is 0 Å². The van der Waals surface area contributed by atoms with E-state index in [2.05, 4.69) is 9.46 Å². The zero-order valence-corrected chi connectivity index (χ0v) is 11.7. The van der Waals surface area contributed by atoms with Crippen LogP contribution in [0.2, 0.25) is 0 Å². The minimum absolute atomic E-state index is 0.0978. The number of alkyl halides is 3. The van der Waals surface area contributed by atoms with Gasteiger partial charge in [0.15, 0.2) is 0 Å². The molecule has 2 atom stereocenters. The van der Waals surface area contributed by atoms with Gasteiger partial charge in [0.2, 0.25) is 10.0 Å². The van der Waals surface area contributed by atoms with E-state index in [-0.39, 0.29) is 12.1 Å². The normalized spacial score (nSPS) is 23.2. The maximum Gasteiger partial charge on any atom is 0.573 e. The quantitative estimate of drug-likeness (QED) is 0.884. The van der Waals surface area contributed by atoms with Crippen molar-refractivity contribution in [3.8, 4) is 5.75 Å². The lowest BCUT2D eigenvalue weighted by atomic mass is 10.2. The van der Waals surface area contributed by atoms with Crippen LogP contribution < -0.4 is 15.2 Å². The van der Waals surface area contributed by atoms with Crippen LogP contribution in [0.4, 0.5) is 13.2 Å². The molecule has 118 valence electrons. The molecule has 0 aromatic heterocycles. The molecule has 0 heterocycles. The zero-order chi connectivity index (χ0) is 15.7. The van der Waals surface area contributed by atoms with Crippen LogP contribution in [0.1, 0.15) is 19.3 Å². The molecule has 1 aliphatic rings. The Morgan fingerprint density at radius 2 is 1.90 bits per heavy atom. The third-order valence-electron chi connectivity index (χ3n) is 3.16. The van der Waals surface area contributed by atoms with E-state index in [1.807, 2.05) is 0 Å². The van der Waals surface area contributed by atoms with E-state index in [9.17, 15) is 21.6 Å². The summed E-state index contributed by atoms with van der Waals surface area (Å²) >= 11 is 0. The van der Waals surface area contributed by atoms with Crippen LogP contribution in [0.5, 0.6) is 5.75 Å². The Morgan fingerprint density at radius 3 is 2.48 bits per heavy atom. The third-order valence-corrected chi connectivity index (χ3v) is 4.72. The van der Waals surface area contributed by atoms with Gasteiger partial charge in [-0.15, -0.1) is 13.2 Å². The summed E-state index contributed by atoms with van der Waals surface area (Å²) in [6, 6.07) is 4.16. The highest BCUT2D eigenvalue weighted by atomic mass is 32.2. The van der Waals surface area contributed by atoms with Gasteiger partial charge in [0.1, 0.15) is 10.6 Å². The summed E-state index contributed by atoms with van der Waals surface area (Å²) in [5.74, 6) is -0.750. The summed E-state index contributed by atoms with van der Waals surface area (Å²) in [7, 11) is -4.10. The molecule has 0 amide bonds. The number of ether oxygens (including phenoxy) is 1. The Morgan fingerprint density at radius 1 is 1.24 bits per heavy atom. The molecule has 1 aromatic carbocycles. The predicted octanol–water partition coefficient (Wildman–Crippen LogP) is 1.74. The van der Waals surface area contributed by atoms with Gasteiger partial charge in [0, 0.05) is 12.1 Å².